The highest BCUT2D eigenvalue weighted by Crippen LogP contribution is 2.29. The first kappa shape index (κ1) is 14.7. The number of phenols is 1. The lowest BCUT2D eigenvalue weighted by Gasteiger charge is -2.10. The molecule has 0 atom stereocenters. The molecule has 2 aromatic carbocycles. The SMILES string of the molecule is Cc1cc(C(=O)Nc2cc(Cl)c(C)cc2Cl)ccc1O. The van der Waals surface area contributed by atoms with E-state index in [0.717, 1.165) is 5.56 Å². The molecule has 5 heteroatoms. The van der Waals surface area contributed by atoms with Crippen molar-refractivity contribution in [1.82, 2.24) is 0 Å². The Morgan fingerprint density at radius 3 is 2.40 bits per heavy atom. The molecule has 0 heterocycles. The van der Waals surface area contributed by atoms with Crippen molar-refractivity contribution >= 4 is 34.8 Å². The summed E-state index contributed by atoms with van der Waals surface area (Å²) < 4.78 is 0. The molecule has 3 nitrogen and oxygen atoms in total. The highest BCUT2D eigenvalue weighted by atomic mass is 35.5. The molecule has 0 bridgehead atoms. The van der Waals surface area contributed by atoms with Crippen LogP contribution in [0.4, 0.5) is 5.69 Å². The Balaban J connectivity index is 2.27. The summed E-state index contributed by atoms with van der Waals surface area (Å²) in [6.07, 6.45) is 0. The Morgan fingerprint density at radius 2 is 1.75 bits per heavy atom. The Hall–Kier alpha value is -1.71. The van der Waals surface area contributed by atoms with E-state index in [-0.39, 0.29) is 11.7 Å². The van der Waals surface area contributed by atoms with Gasteiger partial charge in [-0.3, -0.25) is 4.79 Å². The van der Waals surface area contributed by atoms with Crippen molar-refractivity contribution in [3.63, 3.8) is 0 Å². The van der Waals surface area contributed by atoms with Gasteiger partial charge in [-0.05, 0) is 55.3 Å². The molecule has 2 rings (SSSR count). The van der Waals surface area contributed by atoms with Crippen LogP contribution in [0, 0.1) is 13.8 Å². The number of halogens is 2. The quantitative estimate of drug-likeness (QED) is 0.853. The van der Waals surface area contributed by atoms with Crippen molar-refractivity contribution in [3.05, 3.63) is 57.1 Å². The molecular weight excluding hydrogens is 297 g/mol. The fourth-order valence-electron chi connectivity index (χ4n) is 1.73. The summed E-state index contributed by atoms with van der Waals surface area (Å²) in [5, 5.41) is 13.1. The maximum Gasteiger partial charge on any atom is 0.255 e. The number of hydrogen-bond donors (Lipinski definition) is 2. The van der Waals surface area contributed by atoms with Crippen molar-refractivity contribution in [2.24, 2.45) is 0 Å². The first-order valence-corrected chi connectivity index (χ1v) is 6.70. The zero-order valence-electron chi connectivity index (χ0n) is 11.0. The number of aromatic hydroxyl groups is 1. The third-order valence-corrected chi connectivity index (χ3v) is 3.68. The van der Waals surface area contributed by atoms with Gasteiger partial charge in [-0.25, -0.2) is 0 Å². The lowest BCUT2D eigenvalue weighted by Crippen LogP contribution is -2.12. The average molecular weight is 310 g/mol. The van der Waals surface area contributed by atoms with Gasteiger partial charge in [0.25, 0.3) is 5.91 Å². The number of amides is 1. The topological polar surface area (TPSA) is 49.3 Å². The first-order chi connectivity index (χ1) is 9.38. The highest BCUT2D eigenvalue weighted by Gasteiger charge is 2.11. The second-order valence-corrected chi connectivity index (χ2v) is 5.35. The van der Waals surface area contributed by atoms with Gasteiger partial charge < -0.3 is 10.4 Å². The van der Waals surface area contributed by atoms with Crippen molar-refractivity contribution in [1.29, 1.82) is 0 Å². The Labute approximate surface area is 127 Å². The molecule has 0 aliphatic rings. The zero-order chi connectivity index (χ0) is 14.9. The fourth-order valence-corrected chi connectivity index (χ4v) is 2.16. The molecule has 1 amide bonds. The minimum absolute atomic E-state index is 0.151. The molecule has 2 N–H and O–H groups in total. The van der Waals surface area contributed by atoms with E-state index >= 15 is 0 Å². The van der Waals surface area contributed by atoms with E-state index in [9.17, 15) is 9.90 Å². The van der Waals surface area contributed by atoms with Gasteiger partial charge in [0.05, 0.1) is 10.7 Å². The van der Waals surface area contributed by atoms with Crippen molar-refractivity contribution in [3.8, 4) is 5.75 Å². The van der Waals surface area contributed by atoms with Crippen LogP contribution in [-0.4, -0.2) is 11.0 Å². The fraction of sp³-hybridized carbons (Fsp3) is 0.133. The summed E-state index contributed by atoms with van der Waals surface area (Å²) in [7, 11) is 0. The standard InChI is InChI=1S/C15H13Cl2NO2/c1-8-6-12(17)13(7-11(8)16)18-15(20)10-3-4-14(19)9(2)5-10/h3-7,19H,1-2H3,(H,18,20). The summed E-state index contributed by atoms with van der Waals surface area (Å²) in [6.45, 7) is 3.56. The zero-order valence-corrected chi connectivity index (χ0v) is 12.5. The molecule has 0 aliphatic carbocycles. The molecule has 0 fully saturated rings. The first-order valence-electron chi connectivity index (χ1n) is 5.95. The van der Waals surface area contributed by atoms with Crippen LogP contribution in [0.5, 0.6) is 5.75 Å². The van der Waals surface area contributed by atoms with Crippen LogP contribution in [0.25, 0.3) is 0 Å². The Morgan fingerprint density at radius 1 is 1.05 bits per heavy atom. The second-order valence-electron chi connectivity index (χ2n) is 4.54. The minimum atomic E-state index is -0.310. The number of rotatable bonds is 2. The largest absolute Gasteiger partial charge is 0.508 e. The number of phenolic OH excluding ortho intramolecular Hbond substituents is 1. The highest BCUT2D eigenvalue weighted by molar-refractivity contribution is 6.36. The number of carbonyl (C=O) groups is 1. The average Bonchev–Trinajstić information content (AvgIpc) is 2.39. The number of carbonyl (C=O) groups excluding carboxylic acids is 1. The van der Waals surface area contributed by atoms with Gasteiger partial charge in [0, 0.05) is 10.6 Å². The molecular formula is C15H13Cl2NO2. The summed E-state index contributed by atoms with van der Waals surface area (Å²) in [5.74, 6) is -0.159. The van der Waals surface area contributed by atoms with Crippen LogP contribution in [-0.2, 0) is 0 Å². The molecule has 0 saturated carbocycles. The van der Waals surface area contributed by atoms with Gasteiger partial charge in [0.15, 0.2) is 0 Å². The van der Waals surface area contributed by atoms with Crippen molar-refractivity contribution < 1.29 is 9.90 Å². The van der Waals surface area contributed by atoms with Gasteiger partial charge in [0.2, 0.25) is 0 Å². The second kappa shape index (κ2) is 5.73. The normalized spacial score (nSPS) is 10.4. The molecule has 20 heavy (non-hydrogen) atoms. The number of anilines is 1. The van der Waals surface area contributed by atoms with Gasteiger partial charge in [-0.2, -0.15) is 0 Å². The van der Waals surface area contributed by atoms with Crippen LogP contribution in [0.15, 0.2) is 30.3 Å². The van der Waals surface area contributed by atoms with Crippen LogP contribution < -0.4 is 5.32 Å². The lowest BCUT2D eigenvalue weighted by molar-refractivity contribution is 0.102. The predicted molar refractivity (Wildman–Crippen MR) is 82.0 cm³/mol. The van der Waals surface area contributed by atoms with E-state index in [1.54, 1.807) is 31.2 Å². The molecule has 104 valence electrons. The smallest absolute Gasteiger partial charge is 0.255 e. The molecule has 0 radical (unpaired) electrons. The van der Waals surface area contributed by atoms with Crippen LogP contribution in [0.1, 0.15) is 21.5 Å². The number of aryl methyl sites for hydroxylation is 2. The van der Waals surface area contributed by atoms with E-state index in [1.165, 1.54) is 6.07 Å². The summed E-state index contributed by atoms with van der Waals surface area (Å²) in [6, 6.07) is 7.94. The maximum atomic E-state index is 12.1. The van der Waals surface area contributed by atoms with Crippen LogP contribution in [0.3, 0.4) is 0 Å². The van der Waals surface area contributed by atoms with E-state index in [1.807, 2.05) is 6.92 Å². The third-order valence-electron chi connectivity index (χ3n) is 2.96. The van der Waals surface area contributed by atoms with Gasteiger partial charge in [-0.1, -0.05) is 23.2 Å². The van der Waals surface area contributed by atoms with Crippen LogP contribution >= 0.6 is 23.2 Å². The Bertz CT molecular complexity index is 684. The van der Waals surface area contributed by atoms with Gasteiger partial charge >= 0.3 is 0 Å². The number of nitrogens with one attached hydrogen (secondary N) is 1. The molecule has 0 unspecified atom stereocenters. The Kier molecular flexibility index (Phi) is 4.21. The van der Waals surface area contributed by atoms with E-state index in [0.29, 0.717) is 26.9 Å². The van der Waals surface area contributed by atoms with Crippen molar-refractivity contribution in [2.75, 3.05) is 5.32 Å². The van der Waals surface area contributed by atoms with Crippen LogP contribution in [0.2, 0.25) is 10.0 Å². The molecule has 0 saturated heterocycles. The summed E-state index contributed by atoms with van der Waals surface area (Å²) >= 11 is 12.1. The molecule has 0 aromatic heterocycles. The molecule has 0 aliphatic heterocycles. The summed E-state index contributed by atoms with van der Waals surface area (Å²) in [5.41, 5.74) is 2.37. The third kappa shape index (κ3) is 3.06. The predicted octanol–water partition coefficient (Wildman–Crippen LogP) is 4.57. The van der Waals surface area contributed by atoms with E-state index in [2.05, 4.69) is 5.32 Å². The molecule has 0 spiro atoms. The van der Waals surface area contributed by atoms with E-state index < -0.39 is 0 Å². The number of benzene rings is 2. The monoisotopic (exact) mass is 309 g/mol. The van der Waals surface area contributed by atoms with E-state index in [4.69, 9.17) is 23.2 Å². The van der Waals surface area contributed by atoms with Gasteiger partial charge in [0.1, 0.15) is 5.75 Å². The summed E-state index contributed by atoms with van der Waals surface area (Å²) in [4.78, 5) is 12.1. The number of hydrogen-bond acceptors (Lipinski definition) is 2. The molecule has 2 aromatic rings. The minimum Gasteiger partial charge on any atom is -0.508 e. The maximum absolute atomic E-state index is 12.1. The van der Waals surface area contributed by atoms with Gasteiger partial charge in [-0.15, -0.1) is 0 Å². The lowest BCUT2D eigenvalue weighted by atomic mass is 10.1. The van der Waals surface area contributed by atoms with Crippen molar-refractivity contribution in [2.45, 2.75) is 13.8 Å².